The van der Waals surface area contributed by atoms with E-state index in [1.807, 2.05) is 6.92 Å². The van der Waals surface area contributed by atoms with Gasteiger partial charge in [0, 0.05) is 12.8 Å². The first-order chi connectivity index (χ1) is 11.4. The summed E-state index contributed by atoms with van der Waals surface area (Å²) in [6.07, 6.45) is 2.77. The van der Waals surface area contributed by atoms with Crippen LogP contribution in [0.15, 0.2) is 0 Å². The van der Waals surface area contributed by atoms with Crippen LogP contribution in [0.25, 0.3) is 0 Å². The highest BCUT2D eigenvalue weighted by Gasteiger charge is 2.40. The molecule has 0 aromatic carbocycles. The van der Waals surface area contributed by atoms with Crippen LogP contribution in [0, 0.1) is 0 Å². The van der Waals surface area contributed by atoms with Crippen LogP contribution in [0.4, 0.5) is 0 Å². The SMILES string of the molecule is CC12CCC(=O)OCC3COC(C)(CCC(=O)OCC(CC1)O2)O3. The maximum absolute atomic E-state index is 11.9. The number of esters is 2. The van der Waals surface area contributed by atoms with Crippen molar-refractivity contribution < 1.29 is 33.3 Å². The number of fused-ring (bicyclic) bond motifs is 4. The molecule has 0 aliphatic carbocycles. The first kappa shape index (κ1) is 17.6. The third kappa shape index (κ3) is 4.46. The Morgan fingerprint density at radius 1 is 0.833 bits per heavy atom. The molecule has 4 atom stereocenters. The van der Waals surface area contributed by atoms with Crippen molar-refractivity contribution in [1.29, 1.82) is 0 Å². The van der Waals surface area contributed by atoms with E-state index in [1.54, 1.807) is 6.92 Å². The van der Waals surface area contributed by atoms with Crippen molar-refractivity contribution in [2.45, 2.75) is 76.0 Å². The lowest BCUT2D eigenvalue weighted by molar-refractivity contribution is -0.176. The Bertz CT molecular complexity index is 449. The minimum Gasteiger partial charge on any atom is -0.463 e. The number of rotatable bonds is 0. The summed E-state index contributed by atoms with van der Waals surface area (Å²) in [6, 6.07) is 0. The summed E-state index contributed by atoms with van der Waals surface area (Å²) in [7, 11) is 0. The van der Waals surface area contributed by atoms with Gasteiger partial charge in [0.2, 0.25) is 0 Å². The molecule has 136 valence electrons. The Balaban J connectivity index is 1.63. The molecule has 24 heavy (non-hydrogen) atoms. The van der Waals surface area contributed by atoms with Gasteiger partial charge < -0.3 is 23.7 Å². The fourth-order valence-electron chi connectivity index (χ4n) is 3.40. The van der Waals surface area contributed by atoms with Gasteiger partial charge >= 0.3 is 11.9 Å². The highest BCUT2D eigenvalue weighted by atomic mass is 16.7. The van der Waals surface area contributed by atoms with Gasteiger partial charge in [-0.2, -0.15) is 0 Å². The minimum absolute atomic E-state index is 0.109. The highest BCUT2D eigenvalue weighted by molar-refractivity contribution is 5.69. The molecule has 0 radical (unpaired) electrons. The molecule has 7 heteroatoms. The number of carbonyl (C=O) groups is 2. The molecule has 0 saturated carbocycles. The van der Waals surface area contributed by atoms with E-state index in [0.29, 0.717) is 25.9 Å². The molecule has 4 bridgehead atoms. The monoisotopic (exact) mass is 342 g/mol. The van der Waals surface area contributed by atoms with E-state index in [-0.39, 0.29) is 49.4 Å². The van der Waals surface area contributed by atoms with Crippen LogP contribution in [0.2, 0.25) is 0 Å². The topological polar surface area (TPSA) is 80.3 Å². The molecule has 3 heterocycles. The minimum atomic E-state index is -0.838. The lowest BCUT2D eigenvalue weighted by Gasteiger charge is -2.25. The summed E-state index contributed by atoms with van der Waals surface area (Å²) in [5.74, 6) is -1.36. The highest BCUT2D eigenvalue weighted by Crippen LogP contribution is 2.34. The molecule has 0 N–H and O–H groups in total. The first-order valence-electron chi connectivity index (χ1n) is 8.67. The Labute approximate surface area is 141 Å². The van der Waals surface area contributed by atoms with E-state index in [4.69, 9.17) is 23.7 Å². The third-order valence-electron chi connectivity index (χ3n) is 4.94. The van der Waals surface area contributed by atoms with Crippen LogP contribution in [0.1, 0.15) is 52.4 Å². The molecule has 3 fully saturated rings. The van der Waals surface area contributed by atoms with Crippen LogP contribution in [0.5, 0.6) is 0 Å². The number of cyclic esters (lactones) is 2. The molecular weight excluding hydrogens is 316 g/mol. The molecule has 3 saturated heterocycles. The fraction of sp³-hybridized carbons (Fsp3) is 0.882. The van der Waals surface area contributed by atoms with Crippen molar-refractivity contribution in [3.63, 3.8) is 0 Å². The quantitative estimate of drug-likeness (QED) is 0.620. The summed E-state index contributed by atoms with van der Waals surface area (Å²) >= 11 is 0. The Hall–Kier alpha value is -1.18. The number of hydrogen-bond donors (Lipinski definition) is 0. The third-order valence-corrected chi connectivity index (χ3v) is 4.94. The van der Waals surface area contributed by atoms with Gasteiger partial charge in [0.1, 0.15) is 19.3 Å². The fourth-order valence-corrected chi connectivity index (χ4v) is 3.40. The molecular formula is C17H26O7. The maximum atomic E-state index is 11.9. The summed E-state index contributed by atoms with van der Waals surface area (Å²) in [4.78, 5) is 23.9. The van der Waals surface area contributed by atoms with Crippen molar-refractivity contribution in [3.05, 3.63) is 0 Å². The second-order valence-electron chi connectivity index (χ2n) is 7.28. The standard InChI is InChI=1S/C17H26O7/c1-16-6-3-12(23-16)9-20-15(19)5-8-17(2)22-11-13(24-17)10-21-14(18)4-7-16/h12-13H,3-11H2,1-2H3. The molecule has 0 spiro atoms. The zero-order valence-electron chi connectivity index (χ0n) is 14.4. The van der Waals surface area contributed by atoms with Gasteiger partial charge in [-0.05, 0) is 33.1 Å². The van der Waals surface area contributed by atoms with Crippen LogP contribution in [0.3, 0.4) is 0 Å². The summed E-state index contributed by atoms with van der Waals surface area (Å²) in [5, 5.41) is 0. The average Bonchev–Trinajstić information content (AvgIpc) is 3.11. The van der Waals surface area contributed by atoms with Crippen molar-refractivity contribution in [3.8, 4) is 0 Å². The predicted octanol–water partition coefficient (Wildman–Crippen LogP) is 1.72. The summed E-state index contributed by atoms with van der Waals surface area (Å²) < 4.78 is 28.0. The molecule has 0 amide bonds. The van der Waals surface area contributed by atoms with E-state index in [2.05, 4.69) is 0 Å². The van der Waals surface area contributed by atoms with Gasteiger partial charge in [0.25, 0.3) is 0 Å². The van der Waals surface area contributed by atoms with E-state index in [1.165, 1.54) is 0 Å². The van der Waals surface area contributed by atoms with Crippen molar-refractivity contribution in [2.75, 3.05) is 19.8 Å². The van der Waals surface area contributed by atoms with E-state index in [9.17, 15) is 9.59 Å². The van der Waals surface area contributed by atoms with Gasteiger partial charge in [-0.1, -0.05) is 0 Å². The molecule has 0 aromatic heterocycles. The van der Waals surface area contributed by atoms with Crippen LogP contribution >= 0.6 is 0 Å². The zero-order valence-corrected chi connectivity index (χ0v) is 14.4. The Kier molecular flexibility index (Phi) is 5.13. The predicted molar refractivity (Wildman–Crippen MR) is 82.1 cm³/mol. The van der Waals surface area contributed by atoms with E-state index >= 15 is 0 Å². The van der Waals surface area contributed by atoms with Crippen LogP contribution in [-0.2, 0) is 33.3 Å². The molecule has 3 rings (SSSR count). The second kappa shape index (κ2) is 6.98. The molecule has 7 nitrogen and oxygen atoms in total. The second-order valence-corrected chi connectivity index (χ2v) is 7.28. The van der Waals surface area contributed by atoms with Crippen LogP contribution < -0.4 is 0 Å². The summed E-state index contributed by atoms with van der Waals surface area (Å²) in [6.45, 7) is 4.54. The average molecular weight is 342 g/mol. The van der Waals surface area contributed by atoms with Gasteiger partial charge in [0.15, 0.2) is 5.79 Å². The van der Waals surface area contributed by atoms with Gasteiger partial charge in [-0.25, -0.2) is 0 Å². The van der Waals surface area contributed by atoms with E-state index < -0.39 is 5.79 Å². The molecule has 3 aliphatic rings. The van der Waals surface area contributed by atoms with E-state index in [0.717, 1.165) is 12.8 Å². The van der Waals surface area contributed by atoms with Gasteiger partial charge in [-0.3, -0.25) is 9.59 Å². The lowest BCUT2D eigenvalue weighted by Crippen LogP contribution is -2.31. The zero-order chi connectivity index (χ0) is 17.2. The van der Waals surface area contributed by atoms with Crippen molar-refractivity contribution in [2.24, 2.45) is 0 Å². The largest absolute Gasteiger partial charge is 0.463 e. The molecule has 3 aliphatic heterocycles. The lowest BCUT2D eigenvalue weighted by atomic mass is 9.96. The normalized spacial score (nSPS) is 41.8. The van der Waals surface area contributed by atoms with Gasteiger partial charge in [0.05, 0.1) is 24.7 Å². The Morgan fingerprint density at radius 3 is 2.25 bits per heavy atom. The first-order valence-corrected chi connectivity index (χ1v) is 8.67. The maximum Gasteiger partial charge on any atom is 0.306 e. The van der Waals surface area contributed by atoms with Crippen molar-refractivity contribution >= 4 is 11.9 Å². The van der Waals surface area contributed by atoms with Gasteiger partial charge in [-0.15, -0.1) is 0 Å². The van der Waals surface area contributed by atoms with Crippen LogP contribution in [-0.4, -0.2) is 55.4 Å². The number of ether oxygens (including phenoxy) is 5. The Morgan fingerprint density at radius 2 is 1.50 bits per heavy atom. The molecule has 0 aromatic rings. The number of carbonyl (C=O) groups excluding carboxylic acids is 2. The smallest absolute Gasteiger partial charge is 0.306 e. The van der Waals surface area contributed by atoms with Crippen molar-refractivity contribution in [1.82, 2.24) is 0 Å². The number of hydrogen-bond acceptors (Lipinski definition) is 7. The summed E-state index contributed by atoms with van der Waals surface area (Å²) in [5.41, 5.74) is -0.362. The molecule has 4 unspecified atom stereocenters.